The van der Waals surface area contributed by atoms with Crippen LogP contribution in [0.1, 0.15) is 0 Å². The number of aromatic nitrogens is 2. The van der Waals surface area contributed by atoms with Gasteiger partial charge in [0.1, 0.15) is 0 Å². The van der Waals surface area contributed by atoms with E-state index in [2.05, 4.69) is 9.97 Å². The van der Waals surface area contributed by atoms with E-state index in [1.807, 2.05) is 36.4 Å². The molecule has 0 N–H and O–H groups in total. The van der Waals surface area contributed by atoms with E-state index in [9.17, 15) is 0 Å². The molecule has 0 spiro atoms. The summed E-state index contributed by atoms with van der Waals surface area (Å²) in [6.07, 6.45) is 3.42. The Kier molecular flexibility index (Phi) is 1.75. The zero-order valence-electron chi connectivity index (χ0n) is 7.92. The summed E-state index contributed by atoms with van der Waals surface area (Å²) in [6, 6.07) is 11.6. The molecule has 3 rings (SSSR count). The second kappa shape index (κ2) is 3.20. The molecule has 0 saturated heterocycles. The lowest BCUT2D eigenvalue weighted by Gasteiger charge is -1.98. The number of hydrogen-bond donors (Lipinski definition) is 0. The van der Waals surface area contributed by atoms with E-state index < -0.39 is 0 Å². The summed E-state index contributed by atoms with van der Waals surface area (Å²) in [7, 11) is 0. The monoisotopic (exact) mass is 196 g/mol. The molecule has 0 aliphatic carbocycles. The van der Waals surface area contributed by atoms with Crippen LogP contribution in [-0.4, -0.2) is 9.97 Å². The van der Waals surface area contributed by atoms with Gasteiger partial charge in [-0.2, -0.15) is 0 Å². The van der Waals surface area contributed by atoms with Crippen molar-refractivity contribution < 1.29 is 4.42 Å². The minimum Gasteiger partial charge on any atom is -0.461 e. The first kappa shape index (κ1) is 8.17. The molecule has 1 aromatic carbocycles. The van der Waals surface area contributed by atoms with Crippen molar-refractivity contribution in [1.82, 2.24) is 9.97 Å². The van der Waals surface area contributed by atoms with Gasteiger partial charge in [0.2, 0.25) is 0 Å². The molecule has 0 unspecified atom stereocenters. The summed E-state index contributed by atoms with van der Waals surface area (Å²) in [5, 5.41) is 1.04. The fourth-order valence-electron chi connectivity index (χ4n) is 1.50. The number of para-hydroxylation sites is 1. The molecule has 0 aliphatic rings. The highest BCUT2D eigenvalue weighted by molar-refractivity contribution is 5.78. The van der Waals surface area contributed by atoms with Gasteiger partial charge >= 0.3 is 0 Å². The van der Waals surface area contributed by atoms with Crippen LogP contribution in [0.25, 0.3) is 22.5 Å². The second-order valence-electron chi connectivity index (χ2n) is 3.23. The molecule has 0 radical (unpaired) electrons. The third-order valence-electron chi connectivity index (χ3n) is 2.23. The summed E-state index contributed by atoms with van der Waals surface area (Å²) in [5.74, 6) is 1.32. The Labute approximate surface area is 86.4 Å². The van der Waals surface area contributed by atoms with E-state index >= 15 is 0 Å². The highest BCUT2D eigenvalue weighted by Crippen LogP contribution is 2.18. The number of benzene rings is 1. The van der Waals surface area contributed by atoms with Gasteiger partial charge in [0.05, 0.1) is 11.8 Å². The minimum absolute atomic E-state index is 0.624. The van der Waals surface area contributed by atoms with E-state index in [-0.39, 0.29) is 0 Å². The number of furan rings is 1. The summed E-state index contributed by atoms with van der Waals surface area (Å²) in [4.78, 5) is 8.66. The normalized spacial score (nSPS) is 10.7. The Balaban J connectivity index is 2.22. The van der Waals surface area contributed by atoms with Crippen LogP contribution in [0, 0.1) is 0 Å². The molecule has 0 atom stereocenters. The standard InChI is InChI=1S/C12H8N2O/c1-2-5-10-9(4-1)8-13-12(14-10)11-6-3-7-15-11/h1-8H. The Morgan fingerprint density at radius 3 is 2.80 bits per heavy atom. The van der Waals surface area contributed by atoms with Crippen molar-refractivity contribution in [2.24, 2.45) is 0 Å². The topological polar surface area (TPSA) is 38.9 Å². The average molecular weight is 196 g/mol. The number of fused-ring (bicyclic) bond motifs is 1. The molecule has 0 bridgehead atoms. The maximum Gasteiger partial charge on any atom is 0.196 e. The third-order valence-corrected chi connectivity index (χ3v) is 2.23. The fourth-order valence-corrected chi connectivity index (χ4v) is 1.50. The fraction of sp³-hybridized carbons (Fsp3) is 0. The van der Waals surface area contributed by atoms with Crippen LogP contribution >= 0.6 is 0 Å². The lowest BCUT2D eigenvalue weighted by Crippen LogP contribution is -1.87. The summed E-state index contributed by atoms with van der Waals surface area (Å²) in [5.41, 5.74) is 0.930. The number of hydrogen-bond acceptors (Lipinski definition) is 3. The van der Waals surface area contributed by atoms with Crippen LogP contribution in [0.4, 0.5) is 0 Å². The molecular formula is C12H8N2O. The average Bonchev–Trinajstić information content (AvgIpc) is 2.82. The molecule has 0 saturated carbocycles. The lowest BCUT2D eigenvalue weighted by molar-refractivity contribution is 0.577. The van der Waals surface area contributed by atoms with Crippen molar-refractivity contribution >= 4 is 10.9 Å². The molecule has 72 valence electrons. The van der Waals surface area contributed by atoms with Gasteiger partial charge in [-0.25, -0.2) is 9.97 Å². The lowest BCUT2D eigenvalue weighted by atomic mass is 10.2. The number of nitrogens with zero attached hydrogens (tertiary/aromatic N) is 2. The van der Waals surface area contributed by atoms with E-state index in [0.717, 1.165) is 10.9 Å². The van der Waals surface area contributed by atoms with Crippen molar-refractivity contribution in [3.63, 3.8) is 0 Å². The molecule has 2 aromatic heterocycles. The molecule has 0 aliphatic heterocycles. The Morgan fingerprint density at radius 2 is 1.93 bits per heavy atom. The first-order valence-electron chi connectivity index (χ1n) is 4.69. The largest absolute Gasteiger partial charge is 0.461 e. The highest BCUT2D eigenvalue weighted by atomic mass is 16.3. The van der Waals surface area contributed by atoms with E-state index in [1.165, 1.54) is 0 Å². The Bertz CT molecular complexity index is 587. The van der Waals surface area contributed by atoms with Crippen LogP contribution in [0.3, 0.4) is 0 Å². The summed E-state index contributed by atoms with van der Waals surface area (Å²) >= 11 is 0. The van der Waals surface area contributed by atoms with Crippen molar-refractivity contribution in [3.05, 3.63) is 48.9 Å². The molecule has 2 heterocycles. The summed E-state index contributed by atoms with van der Waals surface area (Å²) in [6.45, 7) is 0. The minimum atomic E-state index is 0.624. The maximum atomic E-state index is 5.24. The van der Waals surface area contributed by atoms with Gasteiger partial charge in [0.15, 0.2) is 11.6 Å². The van der Waals surface area contributed by atoms with Crippen LogP contribution < -0.4 is 0 Å². The predicted molar refractivity (Wildman–Crippen MR) is 57.2 cm³/mol. The molecule has 0 fully saturated rings. The molecule has 15 heavy (non-hydrogen) atoms. The van der Waals surface area contributed by atoms with Gasteiger partial charge in [0.25, 0.3) is 0 Å². The predicted octanol–water partition coefficient (Wildman–Crippen LogP) is 2.89. The SMILES string of the molecule is c1coc(-c2ncc3ccccc3n2)c1. The zero-order valence-corrected chi connectivity index (χ0v) is 7.92. The molecule has 3 heteroatoms. The molecule has 3 nitrogen and oxygen atoms in total. The zero-order chi connectivity index (χ0) is 10.1. The quantitative estimate of drug-likeness (QED) is 0.600. The van der Waals surface area contributed by atoms with Crippen LogP contribution in [0.15, 0.2) is 53.3 Å². The molecule has 0 amide bonds. The third kappa shape index (κ3) is 1.38. The van der Waals surface area contributed by atoms with Crippen molar-refractivity contribution in [2.75, 3.05) is 0 Å². The maximum absolute atomic E-state index is 5.24. The molecular weight excluding hydrogens is 188 g/mol. The molecule has 3 aromatic rings. The van der Waals surface area contributed by atoms with Crippen LogP contribution in [0.5, 0.6) is 0 Å². The smallest absolute Gasteiger partial charge is 0.196 e. The van der Waals surface area contributed by atoms with E-state index in [0.29, 0.717) is 11.6 Å². The van der Waals surface area contributed by atoms with E-state index in [4.69, 9.17) is 4.42 Å². The van der Waals surface area contributed by atoms with Crippen LogP contribution in [-0.2, 0) is 0 Å². The summed E-state index contributed by atoms with van der Waals surface area (Å²) < 4.78 is 5.24. The van der Waals surface area contributed by atoms with Crippen molar-refractivity contribution in [3.8, 4) is 11.6 Å². The second-order valence-corrected chi connectivity index (χ2v) is 3.23. The Morgan fingerprint density at radius 1 is 1.00 bits per heavy atom. The van der Waals surface area contributed by atoms with Gasteiger partial charge in [-0.1, -0.05) is 18.2 Å². The van der Waals surface area contributed by atoms with E-state index in [1.54, 1.807) is 12.5 Å². The van der Waals surface area contributed by atoms with Crippen molar-refractivity contribution in [1.29, 1.82) is 0 Å². The Hall–Kier alpha value is -2.16. The van der Waals surface area contributed by atoms with Crippen molar-refractivity contribution in [2.45, 2.75) is 0 Å². The van der Waals surface area contributed by atoms with Gasteiger partial charge in [-0.3, -0.25) is 0 Å². The van der Waals surface area contributed by atoms with Gasteiger partial charge in [-0.15, -0.1) is 0 Å². The van der Waals surface area contributed by atoms with Gasteiger partial charge < -0.3 is 4.42 Å². The van der Waals surface area contributed by atoms with Gasteiger partial charge in [0, 0.05) is 11.6 Å². The van der Waals surface area contributed by atoms with Gasteiger partial charge in [-0.05, 0) is 18.2 Å². The van der Waals surface area contributed by atoms with Crippen LogP contribution in [0.2, 0.25) is 0 Å². The number of rotatable bonds is 1. The first-order valence-corrected chi connectivity index (χ1v) is 4.69. The first-order chi connectivity index (χ1) is 7.43. The highest BCUT2D eigenvalue weighted by Gasteiger charge is 2.04.